The first-order chi connectivity index (χ1) is 13.5. The van der Waals surface area contributed by atoms with Gasteiger partial charge in [-0.25, -0.2) is 0 Å². The highest BCUT2D eigenvalue weighted by Crippen LogP contribution is 2.35. The molecule has 1 N–H and O–H groups in total. The molecule has 1 aliphatic heterocycles. The summed E-state index contributed by atoms with van der Waals surface area (Å²) in [6.07, 6.45) is -4.43. The quantitative estimate of drug-likeness (QED) is 0.463. The summed E-state index contributed by atoms with van der Waals surface area (Å²) in [6, 6.07) is 4.30. The van der Waals surface area contributed by atoms with E-state index in [1.54, 1.807) is 6.08 Å². The molecule has 162 valence electrons. The SMILES string of the molecule is CC/C=C(/C=C(\N(C)c1ccc(OC(F)(F)F)cc1)C(F)(F)F)C1CCNCC1. The van der Waals surface area contributed by atoms with E-state index in [4.69, 9.17) is 0 Å². The van der Waals surface area contributed by atoms with Crippen molar-refractivity contribution in [1.29, 1.82) is 0 Å². The van der Waals surface area contributed by atoms with E-state index in [2.05, 4.69) is 10.1 Å². The van der Waals surface area contributed by atoms with Gasteiger partial charge in [-0.1, -0.05) is 13.0 Å². The smallest absolute Gasteiger partial charge is 0.406 e. The van der Waals surface area contributed by atoms with Crippen molar-refractivity contribution in [3.8, 4) is 5.75 Å². The second-order valence-electron chi connectivity index (χ2n) is 6.76. The summed E-state index contributed by atoms with van der Waals surface area (Å²) in [4.78, 5) is 0.932. The van der Waals surface area contributed by atoms with Gasteiger partial charge in [-0.2, -0.15) is 13.2 Å². The van der Waals surface area contributed by atoms with E-state index in [0.29, 0.717) is 12.0 Å². The third-order valence-corrected chi connectivity index (χ3v) is 4.66. The first-order valence-corrected chi connectivity index (χ1v) is 9.30. The van der Waals surface area contributed by atoms with E-state index in [1.165, 1.54) is 7.05 Å². The molecular formula is C20H24F6N2O. The van der Waals surface area contributed by atoms with E-state index in [9.17, 15) is 26.3 Å². The minimum atomic E-state index is -4.86. The molecule has 1 fully saturated rings. The average molecular weight is 422 g/mol. The molecule has 3 nitrogen and oxygen atoms in total. The van der Waals surface area contributed by atoms with Gasteiger partial charge in [-0.15, -0.1) is 13.2 Å². The van der Waals surface area contributed by atoms with Crippen LogP contribution in [0.3, 0.4) is 0 Å². The minimum absolute atomic E-state index is 0.0320. The van der Waals surface area contributed by atoms with Crippen LogP contribution in [0.25, 0.3) is 0 Å². The van der Waals surface area contributed by atoms with Crippen LogP contribution in [0, 0.1) is 5.92 Å². The highest BCUT2D eigenvalue weighted by atomic mass is 19.4. The normalized spacial score (nSPS) is 17.4. The molecule has 1 saturated heterocycles. The summed E-state index contributed by atoms with van der Waals surface area (Å²) in [5.74, 6) is -0.460. The number of rotatable bonds is 6. The van der Waals surface area contributed by atoms with Crippen molar-refractivity contribution in [3.63, 3.8) is 0 Å². The molecule has 1 aromatic rings. The van der Waals surface area contributed by atoms with Gasteiger partial charge in [0.05, 0.1) is 0 Å². The van der Waals surface area contributed by atoms with Crippen LogP contribution in [0.5, 0.6) is 5.75 Å². The largest absolute Gasteiger partial charge is 0.573 e. The van der Waals surface area contributed by atoms with Gasteiger partial charge in [0, 0.05) is 12.7 Å². The molecule has 1 aliphatic rings. The van der Waals surface area contributed by atoms with Crippen molar-refractivity contribution in [2.24, 2.45) is 5.92 Å². The molecule has 2 rings (SSSR count). The Kier molecular flexibility index (Phi) is 7.62. The van der Waals surface area contributed by atoms with Gasteiger partial charge in [0.1, 0.15) is 11.4 Å². The number of benzene rings is 1. The van der Waals surface area contributed by atoms with E-state index in [0.717, 1.165) is 61.2 Å². The molecule has 0 aliphatic carbocycles. The summed E-state index contributed by atoms with van der Waals surface area (Å²) in [5.41, 5.74) is -0.144. The summed E-state index contributed by atoms with van der Waals surface area (Å²) < 4.78 is 82.0. The van der Waals surface area contributed by atoms with Crippen molar-refractivity contribution in [2.45, 2.75) is 38.7 Å². The fraction of sp³-hybridized carbons (Fsp3) is 0.500. The van der Waals surface area contributed by atoms with Crippen LogP contribution in [0.2, 0.25) is 0 Å². The molecule has 0 amide bonds. The van der Waals surface area contributed by atoms with Crippen LogP contribution in [-0.4, -0.2) is 32.7 Å². The Morgan fingerprint density at radius 1 is 1.10 bits per heavy atom. The van der Waals surface area contributed by atoms with Gasteiger partial charge in [-0.05, 0) is 74.2 Å². The zero-order chi connectivity index (χ0) is 21.7. The molecule has 0 atom stereocenters. The summed E-state index contributed by atoms with van der Waals surface area (Å²) >= 11 is 0. The van der Waals surface area contributed by atoms with Crippen LogP contribution in [0.4, 0.5) is 32.0 Å². The van der Waals surface area contributed by atoms with Crippen molar-refractivity contribution in [1.82, 2.24) is 5.32 Å². The number of hydrogen-bond acceptors (Lipinski definition) is 3. The highest BCUT2D eigenvalue weighted by molar-refractivity contribution is 5.55. The number of nitrogens with one attached hydrogen (secondary N) is 1. The number of allylic oxidation sites excluding steroid dienone is 4. The third-order valence-electron chi connectivity index (χ3n) is 4.66. The maximum atomic E-state index is 13.8. The van der Waals surface area contributed by atoms with E-state index < -0.39 is 24.0 Å². The topological polar surface area (TPSA) is 24.5 Å². The van der Waals surface area contributed by atoms with Crippen molar-refractivity contribution >= 4 is 5.69 Å². The number of piperidine rings is 1. The number of hydrogen-bond donors (Lipinski definition) is 1. The minimum Gasteiger partial charge on any atom is -0.406 e. The average Bonchev–Trinajstić information content (AvgIpc) is 2.63. The van der Waals surface area contributed by atoms with Gasteiger partial charge < -0.3 is 15.0 Å². The second-order valence-corrected chi connectivity index (χ2v) is 6.76. The lowest BCUT2D eigenvalue weighted by molar-refractivity contribution is -0.274. The Hall–Kier alpha value is -2.16. The van der Waals surface area contributed by atoms with E-state index in [-0.39, 0.29) is 11.6 Å². The van der Waals surface area contributed by atoms with E-state index in [1.807, 2.05) is 6.92 Å². The van der Waals surface area contributed by atoms with Gasteiger partial charge in [0.2, 0.25) is 0 Å². The van der Waals surface area contributed by atoms with Gasteiger partial charge in [-0.3, -0.25) is 0 Å². The molecular weight excluding hydrogens is 398 g/mol. The fourth-order valence-corrected chi connectivity index (χ4v) is 3.27. The molecule has 29 heavy (non-hydrogen) atoms. The standard InChI is InChI=1S/C20H24F6N2O/c1-3-4-15(14-9-11-27-12-10-14)13-18(19(21,22)23)28(2)16-5-7-17(8-6-16)29-20(24,25)26/h4-8,13-14,27H,3,9-12H2,1-2H3/b15-4-,18-13-. The monoisotopic (exact) mass is 422 g/mol. The molecule has 0 radical (unpaired) electrons. The van der Waals surface area contributed by atoms with Gasteiger partial charge in [0.15, 0.2) is 0 Å². The zero-order valence-electron chi connectivity index (χ0n) is 16.2. The lowest BCUT2D eigenvalue weighted by atomic mass is 9.88. The second kappa shape index (κ2) is 9.56. The predicted molar refractivity (Wildman–Crippen MR) is 99.6 cm³/mol. The van der Waals surface area contributed by atoms with E-state index >= 15 is 0 Å². The predicted octanol–water partition coefficient (Wildman–Crippen LogP) is 5.80. The van der Waals surface area contributed by atoms with Crippen LogP contribution in [0.15, 0.2) is 47.7 Å². The lowest BCUT2D eigenvalue weighted by Crippen LogP contribution is -2.31. The Bertz CT molecular complexity index is 716. The Morgan fingerprint density at radius 2 is 1.69 bits per heavy atom. The molecule has 1 aromatic carbocycles. The molecule has 0 bridgehead atoms. The summed E-state index contributed by atoms with van der Waals surface area (Å²) in [7, 11) is 1.24. The highest BCUT2D eigenvalue weighted by Gasteiger charge is 2.38. The van der Waals surface area contributed by atoms with Crippen LogP contribution in [-0.2, 0) is 0 Å². The Labute approximate surface area is 166 Å². The fourth-order valence-electron chi connectivity index (χ4n) is 3.27. The maximum Gasteiger partial charge on any atom is 0.573 e. The van der Waals surface area contributed by atoms with Crippen molar-refractivity contribution in [2.75, 3.05) is 25.0 Å². The molecule has 9 heteroatoms. The van der Waals surface area contributed by atoms with Crippen LogP contribution in [0.1, 0.15) is 26.2 Å². The van der Waals surface area contributed by atoms with Crippen LogP contribution < -0.4 is 15.0 Å². The molecule has 0 aromatic heterocycles. The van der Waals surface area contributed by atoms with Gasteiger partial charge >= 0.3 is 12.5 Å². The maximum absolute atomic E-state index is 13.8. The summed E-state index contributed by atoms with van der Waals surface area (Å²) in [5, 5.41) is 3.19. The molecule has 0 unspecified atom stereocenters. The number of ether oxygens (including phenoxy) is 1. The first kappa shape index (κ1) is 23.1. The van der Waals surface area contributed by atoms with Gasteiger partial charge in [0.25, 0.3) is 0 Å². The number of alkyl halides is 6. The molecule has 1 heterocycles. The number of halogens is 6. The van der Waals surface area contributed by atoms with Crippen LogP contribution >= 0.6 is 0 Å². The number of nitrogens with zero attached hydrogens (tertiary/aromatic N) is 1. The summed E-state index contributed by atoms with van der Waals surface area (Å²) in [6.45, 7) is 3.36. The third kappa shape index (κ3) is 6.99. The number of anilines is 1. The Morgan fingerprint density at radius 3 is 2.17 bits per heavy atom. The Balaban J connectivity index is 2.33. The van der Waals surface area contributed by atoms with Crippen molar-refractivity contribution in [3.05, 3.63) is 47.7 Å². The first-order valence-electron chi connectivity index (χ1n) is 9.30. The molecule has 0 saturated carbocycles. The lowest BCUT2D eigenvalue weighted by Gasteiger charge is -2.28. The van der Waals surface area contributed by atoms with Crippen molar-refractivity contribution < 1.29 is 31.1 Å². The molecule has 0 spiro atoms. The zero-order valence-corrected chi connectivity index (χ0v) is 16.2.